The number of esters is 2. The van der Waals surface area contributed by atoms with Gasteiger partial charge >= 0.3 is 17.9 Å². The van der Waals surface area contributed by atoms with Crippen LogP contribution in [-0.2, 0) is 19.1 Å². The smallest absolute Gasteiger partial charge is 0.366 e. The Hall–Kier alpha value is -1.66. The Kier molecular flexibility index (Phi) is 5.46. The number of carbonyl (C=O) groups excluding carboxylic acids is 2. The maximum atomic E-state index is 11.5. The second-order valence-corrected chi connectivity index (χ2v) is 4.53. The summed E-state index contributed by atoms with van der Waals surface area (Å²) in [5.41, 5.74) is -1.76. The van der Waals surface area contributed by atoms with Gasteiger partial charge in [-0.25, -0.2) is 9.59 Å². The van der Waals surface area contributed by atoms with Crippen LogP contribution in [0.5, 0.6) is 0 Å². The molecule has 1 unspecified atom stereocenters. The van der Waals surface area contributed by atoms with Crippen molar-refractivity contribution in [1.82, 2.24) is 0 Å². The Morgan fingerprint density at radius 1 is 1.05 bits per heavy atom. The van der Waals surface area contributed by atoms with Gasteiger partial charge in [0.25, 0.3) is 0 Å². The number of carbonyl (C=O) groups is 2. The van der Waals surface area contributed by atoms with Gasteiger partial charge in [0.05, 0.1) is 0 Å². The van der Waals surface area contributed by atoms with E-state index in [0.717, 1.165) is 0 Å². The third kappa shape index (κ3) is 4.18. The first-order valence-corrected chi connectivity index (χ1v) is 5.69. The fraction of sp³-hybridized carbons (Fsp3) is 0.538. The minimum absolute atomic E-state index is 0.00247. The third-order valence-corrected chi connectivity index (χ3v) is 2.61. The molecule has 0 rings (SSSR count). The van der Waals surface area contributed by atoms with Crippen molar-refractivity contribution in [3.63, 3.8) is 0 Å². The molecule has 0 amide bonds. The van der Waals surface area contributed by atoms with Crippen LogP contribution in [0.1, 0.15) is 34.1 Å². The highest BCUT2D eigenvalue weighted by atomic mass is 16.8. The lowest BCUT2D eigenvalue weighted by molar-refractivity contribution is -0.387. The molecule has 0 heterocycles. The van der Waals surface area contributed by atoms with Crippen LogP contribution in [0.25, 0.3) is 0 Å². The maximum absolute atomic E-state index is 11.5. The number of hydrogen-bond acceptors (Lipinski definition) is 6. The van der Waals surface area contributed by atoms with Gasteiger partial charge in [0.15, 0.2) is 0 Å². The molecule has 0 aromatic heterocycles. The Bertz CT molecular complexity index is 409. The number of hydrogen-bond donors (Lipinski definition) is 2. The molecule has 0 aliphatic carbocycles. The van der Waals surface area contributed by atoms with Crippen molar-refractivity contribution in [2.45, 2.75) is 45.7 Å². The van der Waals surface area contributed by atoms with Gasteiger partial charge in [0, 0.05) is 11.1 Å². The van der Waals surface area contributed by atoms with Crippen molar-refractivity contribution >= 4 is 11.9 Å². The Balaban J connectivity index is 5.18. The fourth-order valence-electron chi connectivity index (χ4n) is 0.985. The lowest BCUT2D eigenvalue weighted by atomic mass is 9.99. The largest absolute Gasteiger partial charge is 0.446 e. The van der Waals surface area contributed by atoms with Gasteiger partial charge in [-0.3, -0.25) is 0 Å². The van der Waals surface area contributed by atoms with Crippen LogP contribution in [0.4, 0.5) is 0 Å². The molecule has 0 spiro atoms. The van der Waals surface area contributed by atoms with Crippen LogP contribution in [0.2, 0.25) is 0 Å². The summed E-state index contributed by atoms with van der Waals surface area (Å²) in [7, 11) is 0. The normalized spacial score (nSPS) is 14.2. The molecule has 0 aliphatic heterocycles. The molecule has 108 valence electrons. The second kappa shape index (κ2) is 5.99. The lowest BCUT2D eigenvalue weighted by Crippen LogP contribution is -2.57. The van der Waals surface area contributed by atoms with Crippen molar-refractivity contribution in [2.75, 3.05) is 0 Å². The summed E-state index contributed by atoms with van der Waals surface area (Å²) in [5.74, 6) is -4.79. The van der Waals surface area contributed by atoms with Crippen LogP contribution >= 0.6 is 0 Å². The van der Waals surface area contributed by atoms with E-state index in [1.54, 1.807) is 6.92 Å². The van der Waals surface area contributed by atoms with Crippen LogP contribution in [-0.4, -0.2) is 33.7 Å². The molecule has 0 bridgehead atoms. The van der Waals surface area contributed by atoms with Gasteiger partial charge in [0.1, 0.15) is 0 Å². The van der Waals surface area contributed by atoms with E-state index in [2.05, 4.69) is 17.9 Å². The minimum atomic E-state index is -2.97. The van der Waals surface area contributed by atoms with E-state index in [1.807, 2.05) is 0 Å². The number of ether oxygens (including phenoxy) is 2. The van der Waals surface area contributed by atoms with Crippen molar-refractivity contribution in [3.05, 3.63) is 24.3 Å². The standard InChI is InChI=1S/C13H20O6/c1-7-12(6,18-10(14)8(2)3)13(16,17)19-11(15)9(4)5/h16-17H,2,4,7H2,1,3,5-6H3. The average molecular weight is 272 g/mol. The molecule has 6 heteroatoms. The molecule has 0 radical (unpaired) electrons. The topological polar surface area (TPSA) is 93.1 Å². The van der Waals surface area contributed by atoms with E-state index in [9.17, 15) is 19.8 Å². The van der Waals surface area contributed by atoms with Crippen molar-refractivity contribution in [1.29, 1.82) is 0 Å². The summed E-state index contributed by atoms with van der Waals surface area (Å²) in [6.45, 7) is 12.2. The van der Waals surface area contributed by atoms with Gasteiger partial charge in [-0.1, -0.05) is 20.1 Å². The summed E-state index contributed by atoms with van der Waals surface area (Å²) < 4.78 is 9.45. The van der Waals surface area contributed by atoms with Crippen LogP contribution in [0.15, 0.2) is 24.3 Å². The summed E-state index contributed by atoms with van der Waals surface area (Å²) in [6.07, 6.45) is 0.00247. The fourth-order valence-corrected chi connectivity index (χ4v) is 0.985. The number of rotatable bonds is 6. The minimum Gasteiger partial charge on any atom is -0.446 e. The van der Waals surface area contributed by atoms with Crippen molar-refractivity contribution in [2.24, 2.45) is 0 Å². The zero-order chi connectivity index (χ0) is 15.4. The third-order valence-electron chi connectivity index (χ3n) is 2.61. The molecule has 0 saturated carbocycles. The zero-order valence-electron chi connectivity index (χ0n) is 11.6. The molecule has 19 heavy (non-hydrogen) atoms. The Morgan fingerprint density at radius 2 is 1.42 bits per heavy atom. The van der Waals surface area contributed by atoms with E-state index in [1.165, 1.54) is 20.8 Å². The molecule has 0 aromatic rings. The summed E-state index contributed by atoms with van der Waals surface area (Å²) in [6, 6.07) is 0. The lowest BCUT2D eigenvalue weighted by Gasteiger charge is -2.38. The van der Waals surface area contributed by atoms with Gasteiger partial charge in [0.2, 0.25) is 5.60 Å². The van der Waals surface area contributed by atoms with Crippen molar-refractivity contribution in [3.8, 4) is 0 Å². The first-order chi connectivity index (χ1) is 8.47. The van der Waals surface area contributed by atoms with Gasteiger partial charge in [-0.05, 0) is 27.2 Å². The molecule has 6 nitrogen and oxygen atoms in total. The molecular weight excluding hydrogens is 252 g/mol. The quantitative estimate of drug-likeness (QED) is 0.426. The zero-order valence-corrected chi connectivity index (χ0v) is 11.6. The maximum Gasteiger partial charge on any atom is 0.366 e. The van der Waals surface area contributed by atoms with E-state index >= 15 is 0 Å². The highest BCUT2D eigenvalue weighted by molar-refractivity contribution is 5.88. The predicted octanol–water partition coefficient (Wildman–Crippen LogP) is 1.03. The van der Waals surface area contributed by atoms with Crippen molar-refractivity contribution < 1.29 is 29.3 Å². The molecule has 0 saturated heterocycles. The van der Waals surface area contributed by atoms with E-state index in [4.69, 9.17) is 4.74 Å². The van der Waals surface area contributed by atoms with Gasteiger partial charge in [-0.2, -0.15) is 0 Å². The SMILES string of the molecule is C=C(C)C(=O)OC(O)(O)C(C)(CC)OC(=O)C(=C)C. The highest BCUT2D eigenvalue weighted by Gasteiger charge is 2.52. The Morgan fingerprint density at radius 3 is 1.74 bits per heavy atom. The van der Waals surface area contributed by atoms with E-state index in [0.29, 0.717) is 0 Å². The molecular formula is C13H20O6. The molecule has 0 aromatic carbocycles. The van der Waals surface area contributed by atoms with Crippen LogP contribution < -0.4 is 0 Å². The summed E-state index contributed by atoms with van der Waals surface area (Å²) in [4.78, 5) is 22.8. The van der Waals surface area contributed by atoms with E-state index < -0.39 is 23.5 Å². The summed E-state index contributed by atoms with van der Waals surface area (Å²) in [5, 5.41) is 19.7. The molecule has 2 N–H and O–H groups in total. The predicted molar refractivity (Wildman–Crippen MR) is 67.7 cm³/mol. The van der Waals surface area contributed by atoms with Gasteiger partial charge < -0.3 is 19.7 Å². The van der Waals surface area contributed by atoms with Crippen LogP contribution in [0.3, 0.4) is 0 Å². The molecule has 0 fully saturated rings. The molecule has 0 aliphatic rings. The molecule has 1 atom stereocenters. The van der Waals surface area contributed by atoms with Gasteiger partial charge in [-0.15, -0.1) is 0 Å². The monoisotopic (exact) mass is 272 g/mol. The summed E-state index contributed by atoms with van der Waals surface area (Å²) >= 11 is 0. The van der Waals surface area contributed by atoms with E-state index in [-0.39, 0.29) is 17.6 Å². The average Bonchev–Trinajstić information content (AvgIpc) is 2.27. The highest BCUT2D eigenvalue weighted by Crippen LogP contribution is 2.30. The Labute approximate surface area is 112 Å². The van der Waals surface area contributed by atoms with Crippen LogP contribution in [0, 0.1) is 0 Å². The first kappa shape index (κ1) is 17.3. The second-order valence-electron chi connectivity index (χ2n) is 4.53. The number of aliphatic hydroxyl groups is 2. The first-order valence-electron chi connectivity index (χ1n) is 5.69.